The Labute approximate surface area is 108 Å². The number of hydrogen-bond donors (Lipinski definition) is 1. The summed E-state index contributed by atoms with van der Waals surface area (Å²) >= 11 is 3.07. The van der Waals surface area contributed by atoms with Crippen molar-refractivity contribution >= 4 is 15.9 Å². The molecule has 94 valence electrons. The van der Waals surface area contributed by atoms with E-state index in [1.54, 1.807) is 12.1 Å². The van der Waals surface area contributed by atoms with Crippen LogP contribution in [0.2, 0.25) is 0 Å². The predicted molar refractivity (Wildman–Crippen MR) is 64.6 cm³/mol. The molecule has 5 heteroatoms. The zero-order valence-corrected chi connectivity index (χ0v) is 10.9. The van der Waals surface area contributed by atoms with Gasteiger partial charge in [0.1, 0.15) is 23.8 Å². The van der Waals surface area contributed by atoms with E-state index in [0.29, 0.717) is 36.3 Å². The van der Waals surface area contributed by atoms with Gasteiger partial charge in [0.25, 0.3) is 0 Å². The molecule has 1 aliphatic rings. The van der Waals surface area contributed by atoms with Crippen LogP contribution in [0.4, 0.5) is 4.39 Å². The lowest BCUT2D eigenvalue weighted by atomic mass is 9.96. The molecule has 17 heavy (non-hydrogen) atoms. The Bertz CT molecular complexity index is 391. The minimum Gasteiger partial charge on any atom is -0.490 e. The number of halogens is 2. The maximum atomic E-state index is 13.2. The molecule has 0 bridgehead atoms. The Morgan fingerprint density at radius 2 is 2.12 bits per heavy atom. The number of hydrogen-bond acceptors (Lipinski definition) is 3. The molecular weight excluding hydrogens is 291 g/mol. The van der Waals surface area contributed by atoms with Gasteiger partial charge in [-0.1, -0.05) is 0 Å². The van der Waals surface area contributed by atoms with E-state index in [9.17, 15) is 9.50 Å². The maximum absolute atomic E-state index is 13.2. The topological polar surface area (TPSA) is 38.7 Å². The molecule has 3 nitrogen and oxygen atoms in total. The molecule has 1 aromatic rings. The average Bonchev–Trinajstić information content (AvgIpc) is 2.32. The third kappa shape index (κ3) is 3.40. The Balaban J connectivity index is 1.94. The number of ether oxygens (including phenoxy) is 2. The zero-order chi connectivity index (χ0) is 12.3. The number of rotatable bonds is 3. The van der Waals surface area contributed by atoms with Crippen LogP contribution in [-0.2, 0) is 4.74 Å². The van der Waals surface area contributed by atoms with Gasteiger partial charge >= 0.3 is 0 Å². The van der Waals surface area contributed by atoms with Crippen molar-refractivity contribution in [1.29, 1.82) is 0 Å². The Kier molecular flexibility index (Phi) is 4.01. The number of benzene rings is 1. The molecule has 0 atom stereocenters. The summed E-state index contributed by atoms with van der Waals surface area (Å²) in [5.74, 6) is 0.0482. The van der Waals surface area contributed by atoms with Gasteiger partial charge in [0.15, 0.2) is 0 Å². The van der Waals surface area contributed by atoms with E-state index in [1.807, 2.05) is 0 Å². The molecule has 0 aromatic heterocycles. The first-order valence-corrected chi connectivity index (χ1v) is 6.26. The van der Waals surface area contributed by atoms with Gasteiger partial charge in [-0.15, -0.1) is 0 Å². The summed E-state index contributed by atoms with van der Waals surface area (Å²) in [5, 5.41) is 10.1. The summed E-state index contributed by atoms with van der Waals surface area (Å²) in [4.78, 5) is 0. The molecule has 1 saturated heterocycles. The maximum Gasteiger partial charge on any atom is 0.141 e. The molecule has 1 N–H and O–H groups in total. The van der Waals surface area contributed by atoms with Crippen molar-refractivity contribution in [1.82, 2.24) is 0 Å². The van der Waals surface area contributed by atoms with Crippen LogP contribution in [0.15, 0.2) is 22.7 Å². The van der Waals surface area contributed by atoms with Gasteiger partial charge in [0.2, 0.25) is 0 Å². The van der Waals surface area contributed by atoms with Crippen molar-refractivity contribution in [2.45, 2.75) is 18.4 Å². The zero-order valence-electron chi connectivity index (χ0n) is 9.29. The van der Waals surface area contributed by atoms with Gasteiger partial charge in [-0.05, 0) is 28.1 Å². The Morgan fingerprint density at radius 1 is 1.41 bits per heavy atom. The summed E-state index contributed by atoms with van der Waals surface area (Å²) in [6.45, 7) is 1.24. The van der Waals surface area contributed by atoms with E-state index in [2.05, 4.69) is 15.9 Å². The van der Waals surface area contributed by atoms with Crippen LogP contribution in [0.1, 0.15) is 12.8 Å². The highest BCUT2D eigenvalue weighted by Gasteiger charge is 2.30. The van der Waals surface area contributed by atoms with Crippen LogP contribution in [0, 0.1) is 5.82 Å². The third-order valence-electron chi connectivity index (χ3n) is 2.82. The highest BCUT2D eigenvalue weighted by molar-refractivity contribution is 9.10. The first-order chi connectivity index (χ1) is 8.09. The van der Waals surface area contributed by atoms with Crippen molar-refractivity contribution in [3.05, 3.63) is 28.5 Å². The third-order valence-corrected chi connectivity index (χ3v) is 3.47. The molecule has 0 spiro atoms. The van der Waals surface area contributed by atoms with Gasteiger partial charge < -0.3 is 14.6 Å². The average molecular weight is 305 g/mol. The molecule has 1 aromatic carbocycles. The van der Waals surface area contributed by atoms with E-state index >= 15 is 0 Å². The molecule has 0 amide bonds. The fraction of sp³-hybridized carbons (Fsp3) is 0.500. The smallest absolute Gasteiger partial charge is 0.141 e. The second kappa shape index (κ2) is 5.33. The van der Waals surface area contributed by atoms with E-state index in [1.165, 1.54) is 6.07 Å². The van der Waals surface area contributed by atoms with Crippen molar-refractivity contribution in [2.75, 3.05) is 19.8 Å². The summed E-state index contributed by atoms with van der Waals surface area (Å²) in [6, 6.07) is 4.54. The molecule has 0 aliphatic carbocycles. The molecule has 1 fully saturated rings. The first kappa shape index (κ1) is 12.8. The normalized spacial score (nSPS) is 19.0. The van der Waals surface area contributed by atoms with Crippen LogP contribution >= 0.6 is 15.9 Å². The quantitative estimate of drug-likeness (QED) is 0.932. The summed E-state index contributed by atoms with van der Waals surface area (Å²) < 4.78 is 24.2. The van der Waals surface area contributed by atoms with Crippen molar-refractivity contribution in [3.63, 3.8) is 0 Å². The fourth-order valence-electron chi connectivity index (χ4n) is 1.68. The molecule has 0 radical (unpaired) electrons. The SMILES string of the molecule is OC1(COc2ccc(Br)c(F)c2)CCOCC1. The monoisotopic (exact) mass is 304 g/mol. The van der Waals surface area contributed by atoms with Gasteiger partial charge in [-0.3, -0.25) is 0 Å². The Hall–Kier alpha value is -0.650. The van der Waals surface area contributed by atoms with Crippen LogP contribution in [-0.4, -0.2) is 30.5 Å². The van der Waals surface area contributed by atoms with Crippen LogP contribution in [0.5, 0.6) is 5.75 Å². The van der Waals surface area contributed by atoms with E-state index in [4.69, 9.17) is 9.47 Å². The van der Waals surface area contributed by atoms with Gasteiger partial charge in [0.05, 0.1) is 4.47 Å². The number of aliphatic hydroxyl groups is 1. The molecule has 0 unspecified atom stereocenters. The molecule has 1 aliphatic heterocycles. The minimum absolute atomic E-state index is 0.164. The van der Waals surface area contributed by atoms with Crippen molar-refractivity contribution in [2.24, 2.45) is 0 Å². The molecule has 1 heterocycles. The standard InChI is InChI=1S/C12H14BrFO3/c13-10-2-1-9(7-11(10)14)17-8-12(15)3-5-16-6-4-12/h1-2,7,15H,3-6,8H2. The van der Waals surface area contributed by atoms with E-state index in [-0.39, 0.29) is 12.4 Å². The second-order valence-electron chi connectivity index (χ2n) is 4.20. The highest BCUT2D eigenvalue weighted by atomic mass is 79.9. The lowest BCUT2D eigenvalue weighted by Crippen LogP contribution is -2.41. The largest absolute Gasteiger partial charge is 0.490 e. The van der Waals surface area contributed by atoms with Crippen LogP contribution in [0.25, 0.3) is 0 Å². The van der Waals surface area contributed by atoms with E-state index in [0.717, 1.165) is 0 Å². The lowest BCUT2D eigenvalue weighted by Gasteiger charge is -2.31. The molecular formula is C12H14BrFO3. The summed E-state index contributed by atoms with van der Waals surface area (Å²) in [7, 11) is 0. The first-order valence-electron chi connectivity index (χ1n) is 5.47. The predicted octanol–water partition coefficient (Wildman–Crippen LogP) is 2.51. The minimum atomic E-state index is -0.859. The lowest BCUT2D eigenvalue weighted by molar-refractivity contribution is -0.0856. The second-order valence-corrected chi connectivity index (χ2v) is 5.06. The van der Waals surface area contributed by atoms with Crippen molar-refractivity contribution < 1.29 is 19.0 Å². The van der Waals surface area contributed by atoms with Crippen molar-refractivity contribution in [3.8, 4) is 5.75 Å². The van der Waals surface area contributed by atoms with Gasteiger partial charge in [-0.25, -0.2) is 4.39 Å². The van der Waals surface area contributed by atoms with E-state index < -0.39 is 5.60 Å². The molecule has 2 rings (SSSR count). The fourth-order valence-corrected chi connectivity index (χ4v) is 1.93. The van der Waals surface area contributed by atoms with Gasteiger partial charge in [-0.2, -0.15) is 0 Å². The molecule has 0 saturated carbocycles. The van der Waals surface area contributed by atoms with Crippen LogP contribution < -0.4 is 4.74 Å². The highest BCUT2D eigenvalue weighted by Crippen LogP contribution is 2.24. The summed E-state index contributed by atoms with van der Waals surface area (Å²) in [6.07, 6.45) is 1.10. The summed E-state index contributed by atoms with van der Waals surface area (Å²) in [5.41, 5.74) is -0.859. The van der Waals surface area contributed by atoms with Gasteiger partial charge in [0, 0.05) is 32.1 Å². The van der Waals surface area contributed by atoms with Crippen LogP contribution in [0.3, 0.4) is 0 Å². The Morgan fingerprint density at radius 3 is 2.76 bits per heavy atom.